The number of carbonyl (C=O) groups is 1. The summed E-state index contributed by atoms with van der Waals surface area (Å²) in [5, 5.41) is 6.22. The molecule has 27 heavy (non-hydrogen) atoms. The van der Waals surface area contributed by atoms with Gasteiger partial charge in [-0.25, -0.2) is 0 Å². The van der Waals surface area contributed by atoms with Gasteiger partial charge in [0.25, 0.3) is 5.79 Å². The summed E-state index contributed by atoms with van der Waals surface area (Å²) in [5.41, 5.74) is 3.15. The van der Waals surface area contributed by atoms with Crippen LogP contribution in [0.4, 0.5) is 5.69 Å². The molecule has 0 bridgehead atoms. The smallest absolute Gasteiger partial charge is 0.251 e. The fraction of sp³-hybridized carbons (Fsp3) is 0.409. The van der Waals surface area contributed by atoms with Gasteiger partial charge in [0.05, 0.1) is 6.54 Å². The lowest BCUT2D eigenvalue weighted by atomic mass is 10.0. The summed E-state index contributed by atoms with van der Waals surface area (Å²) in [4.78, 5) is 12.3. The van der Waals surface area contributed by atoms with E-state index in [0.717, 1.165) is 42.9 Å². The Hall–Kier alpha value is -2.53. The molecule has 0 radical (unpaired) electrons. The second kappa shape index (κ2) is 7.24. The number of fused-ring (bicyclic) bond motifs is 1. The SMILES string of the molecule is Cc1ccccc1C(C)NCC(=O)Nc1ccc2c(c1)OC1(CCCC1)O2. The predicted octanol–water partition coefficient (Wildman–Crippen LogP) is 4.33. The van der Waals surface area contributed by atoms with E-state index >= 15 is 0 Å². The number of rotatable bonds is 5. The van der Waals surface area contributed by atoms with Crippen LogP contribution in [0, 0.1) is 6.92 Å². The van der Waals surface area contributed by atoms with Gasteiger partial charge in [-0.15, -0.1) is 0 Å². The highest BCUT2D eigenvalue weighted by Crippen LogP contribution is 2.47. The number of benzene rings is 2. The summed E-state index contributed by atoms with van der Waals surface area (Å²) in [6, 6.07) is 13.9. The summed E-state index contributed by atoms with van der Waals surface area (Å²) < 4.78 is 12.1. The van der Waals surface area contributed by atoms with Crippen molar-refractivity contribution in [1.29, 1.82) is 0 Å². The van der Waals surface area contributed by atoms with Gasteiger partial charge in [0.15, 0.2) is 11.5 Å². The van der Waals surface area contributed by atoms with E-state index in [1.54, 1.807) is 0 Å². The molecule has 0 saturated heterocycles. The molecule has 1 spiro atoms. The van der Waals surface area contributed by atoms with Crippen LogP contribution >= 0.6 is 0 Å². The van der Waals surface area contributed by atoms with Crippen molar-refractivity contribution in [3.8, 4) is 11.5 Å². The van der Waals surface area contributed by atoms with Crippen LogP contribution in [0.15, 0.2) is 42.5 Å². The number of ether oxygens (including phenoxy) is 2. The second-order valence-electron chi connectivity index (χ2n) is 7.49. The van der Waals surface area contributed by atoms with E-state index in [4.69, 9.17) is 9.47 Å². The third-order valence-corrected chi connectivity index (χ3v) is 5.41. The molecule has 1 aliphatic heterocycles. The minimum absolute atomic E-state index is 0.0788. The lowest BCUT2D eigenvalue weighted by Gasteiger charge is -2.21. The largest absolute Gasteiger partial charge is 0.448 e. The molecule has 2 N–H and O–H groups in total. The number of hydrogen-bond donors (Lipinski definition) is 2. The quantitative estimate of drug-likeness (QED) is 0.827. The van der Waals surface area contributed by atoms with Gasteiger partial charge in [0.1, 0.15) is 0 Å². The first kappa shape index (κ1) is 17.9. The van der Waals surface area contributed by atoms with Crippen molar-refractivity contribution >= 4 is 11.6 Å². The van der Waals surface area contributed by atoms with Crippen LogP contribution in [0.2, 0.25) is 0 Å². The zero-order chi connectivity index (χ0) is 18.9. The molecular formula is C22H26N2O3. The van der Waals surface area contributed by atoms with Crippen LogP contribution in [0.3, 0.4) is 0 Å². The van der Waals surface area contributed by atoms with Gasteiger partial charge in [0.2, 0.25) is 5.91 Å². The molecule has 2 aliphatic rings. The van der Waals surface area contributed by atoms with Gasteiger partial charge in [-0.2, -0.15) is 0 Å². The van der Waals surface area contributed by atoms with E-state index < -0.39 is 5.79 Å². The fourth-order valence-electron chi connectivity index (χ4n) is 3.92. The normalized spacial score (nSPS) is 17.9. The molecule has 1 saturated carbocycles. The van der Waals surface area contributed by atoms with Crippen LogP contribution in [0.1, 0.15) is 49.8 Å². The molecule has 2 aromatic carbocycles. The third kappa shape index (κ3) is 3.78. The van der Waals surface area contributed by atoms with Crippen LogP contribution in [-0.2, 0) is 4.79 Å². The maximum absolute atomic E-state index is 12.3. The highest BCUT2D eigenvalue weighted by Gasteiger charge is 2.44. The molecule has 5 nitrogen and oxygen atoms in total. The lowest BCUT2D eigenvalue weighted by Crippen LogP contribution is -2.34. The van der Waals surface area contributed by atoms with Gasteiger partial charge < -0.3 is 20.1 Å². The molecular weight excluding hydrogens is 340 g/mol. The molecule has 1 amide bonds. The summed E-state index contributed by atoms with van der Waals surface area (Å²) >= 11 is 0. The van der Waals surface area contributed by atoms with E-state index in [1.807, 2.05) is 30.3 Å². The Morgan fingerprint density at radius 3 is 2.63 bits per heavy atom. The van der Waals surface area contributed by atoms with Crippen molar-refractivity contribution in [2.45, 2.75) is 51.4 Å². The number of amides is 1. The van der Waals surface area contributed by atoms with E-state index in [-0.39, 0.29) is 18.5 Å². The van der Waals surface area contributed by atoms with Crippen LogP contribution in [-0.4, -0.2) is 18.2 Å². The summed E-state index contributed by atoms with van der Waals surface area (Å²) in [7, 11) is 0. The summed E-state index contributed by atoms with van der Waals surface area (Å²) in [6.07, 6.45) is 4.10. The zero-order valence-electron chi connectivity index (χ0n) is 15.9. The topological polar surface area (TPSA) is 59.6 Å². The number of aryl methyl sites for hydroxylation is 1. The molecule has 142 valence electrons. The van der Waals surface area contributed by atoms with Crippen molar-refractivity contribution in [3.05, 3.63) is 53.6 Å². The Bertz CT molecular complexity index is 843. The second-order valence-corrected chi connectivity index (χ2v) is 7.49. The monoisotopic (exact) mass is 366 g/mol. The standard InChI is InChI=1S/C22H26N2O3/c1-15-7-3-4-8-18(15)16(2)23-14-21(25)24-17-9-10-19-20(13-17)27-22(26-19)11-5-6-12-22/h3-4,7-10,13,16,23H,5-6,11-12,14H2,1-2H3,(H,24,25). The van der Waals surface area contributed by atoms with Crippen molar-refractivity contribution in [2.75, 3.05) is 11.9 Å². The summed E-state index contributed by atoms with van der Waals surface area (Å²) in [6.45, 7) is 4.39. The molecule has 1 aliphatic carbocycles. The maximum atomic E-state index is 12.3. The van der Waals surface area contributed by atoms with E-state index in [9.17, 15) is 4.79 Å². The van der Waals surface area contributed by atoms with Crippen molar-refractivity contribution in [1.82, 2.24) is 5.32 Å². The molecule has 4 rings (SSSR count). The average Bonchev–Trinajstić information content (AvgIpc) is 3.25. The van der Waals surface area contributed by atoms with Crippen LogP contribution in [0.5, 0.6) is 11.5 Å². The lowest BCUT2D eigenvalue weighted by molar-refractivity contribution is -0.115. The highest BCUT2D eigenvalue weighted by atomic mass is 16.7. The first-order valence-corrected chi connectivity index (χ1v) is 9.65. The Labute approximate surface area is 160 Å². The minimum Gasteiger partial charge on any atom is -0.448 e. The van der Waals surface area contributed by atoms with E-state index in [0.29, 0.717) is 0 Å². The van der Waals surface area contributed by atoms with Gasteiger partial charge in [-0.1, -0.05) is 24.3 Å². The Morgan fingerprint density at radius 1 is 1.11 bits per heavy atom. The van der Waals surface area contributed by atoms with Crippen molar-refractivity contribution < 1.29 is 14.3 Å². The Morgan fingerprint density at radius 2 is 1.85 bits per heavy atom. The van der Waals surface area contributed by atoms with Gasteiger partial charge in [-0.05, 0) is 49.9 Å². The molecule has 1 atom stereocenters. The van der Waals surface area contributed by atoms with Gasteiger partial charge in [0, 0.05) is 30.6 Å². The molecule has 2 aromatic rings. The van der Waals surface area contributed by atoms with Crippen LogP contribution in [0.25, 0.3) is 0 Å². The molecule has 5 heteroatoms. The third-order valence-electron chi connectivity index (χ3n) is 5.41. The number of nitrogens with one attached hydrogen (secondary N) is 2. The maximum Gasteiger partial charge on any atom is 0.251 e. The first-order valence-electron chi connectivity index (χ1n) is 9.65. The average molecular weight is 366 g/mol. The molecule has 0 aromatic heterocycles. The summed E-state index contributed by atoms with van der Waals surface area (Å²) in [5.74, 6) is 0.928. The molecule has 1 unspecified atom stereocenters. The highest BCUT2D eigenvalue weighted by molar-refractivity contribution is 5.92. The first-order chi connectivity index (χ1) is 13.0. The van der Waals surface area contributed by atoms with Crippen molar-refractivity contribution in [2.24, 2.45) is 0 Å². The Kier molecular flexibility index (Phi) is 4.79. The minimum atomic E-state index is -0.477. The zero-order valence-corrected chi connectivity index (χ0v) is 15.9. The predicted molar refractivity (Wildman–Crippen MR) is 105 cm³/mol. The van der Waals surface area contributed by atoms with E-state index in [1.165, 1.54) is 11.1 Å². The van der Waals surface area contributed by atoms with Crippen LogP contribution < -0.4 is 20.1 Å². The van der Waals surface area contributed by atoms with Crippen molar-refractivity contribution in [3.63, 3.8) is 0 Å². The Balaban J connectivity index is 1.34. The molecule has 1 heterocycles. The number of carbonyl (C=O) groups excluding carboxylic acids is 1. The number of hydrogen-bond acceptors (Lipinski definition) is 4. The van der Waals surface area contributed by atoms with E-state index in [2.05, 4.69) is 36.6 Å². The fourth-order valence-corrected chi connectivity index (χ4v) is 3.92. The number of anilines is 1. The molecule has 1 fully saturated rings. The van der Waals surface area contributed by atoms with Gasteiger partial charge >= 0.3 is 0 Å². The van der Waals surface area contributed by atoms with Gasteiger partial charge in [-0.3, -0.25) is 4.79 Å².